The van der Waals surface area contributed by atoms with Gasteiger partial charge in [0.1, 0.15) is 5.65 Å². The van der Waals surface area contributed by atoms with E-state index in [4.69, 9.17) is 0 Å². The minimum absolute atomic E-state index is 1.17. The van der Waals surface area contributed by atoms with Crippen molar-refractivity contribution in [2.24, 2.45) is 0 Å². The van der Waals surface area contributed by atoms with Gasteiger partial charge in [0.2, 0.25) is 0 Å². The third kappa shape index (κ3) is 3.65. The van der Waals surface area contributed by atoms with Crippen LogP contribution in [0.2, 0.25) is 0 Å². The fourth-order valence-corrected chi connectivity index (χ4v) is 8.30. The van der Waals surface area contributed by atoms with Gasteiger partial charge in [0.15, 0.2) is 0 Å². The molecule has 210 valence electrons. The molecule has 0 unspecified atom stereocenters. The molecule has 10 rings (SSSR count). The van der Waals surface area contributed by atoms with Crippen LogP contribution in [-0.4, -0.2) is 9.13 Å². The van der Waals surface area contributed by atoms with E-state index in [9.17, 15) is 0 Å². The first-order valence-corrected chi connectivity index (χ1v) is 16.2. The van der Waals surface area contributed by atoms with Crippen molar-refractivity contribution in [3.63, 3.8) is 0 Å². The first-order chi connectivity index (χ1) is 22.3. The molecule has 0 radical (unpaired) electrons. The zero-order chi connectivity index (χ0) is 29.5. The lowest BCUT2D eigenvalue weighted by Crippen LogP contribution is -2.06. The second-order valence-corrected chi connectivity index (χ2v) is 12.9. The highest BCUT2D eigenvalue weighted by molar-refractivity contribution is 7.99. The Kier molecular flexibility index (Phi) is 5.25. The number of rotatable bonds is 3. The van der Waals surface area contributed by atoms with E-state index in [0.29, 0.717) is 0 Å². The fraction of sp³-hybridized carbons (Fsp3) is 0. The van der Waals surface area contributed by atoms with Crippen molar-refractivity contribution in [2.45, 2.75) is 9.79 Å². The number of benzene rings is 7. The zero-order valence-corrected chi connectivity index (χ0v) is 25.1. The Hall–Kier alpha value is -5.51. The molecule has 0 N–H and O–H groups in total. The largest absolute Gasteiger partial charge is 0.295 e. The molecule has 0 fully saturated rings. The summed E-state index contributed by atoms with van der Waals surface area (Å²) in [5.41, 5.74) is 11.1. The van der Waals surface area contributed by atoms with Crippen LogP contribution in [-0.2, 0) is 0 Å². The number of hydrogen-bond acceptors (Lipinski definition) is 1. The van der Waals surface area contributed by atoms with Gasteiger partial charge in [-0.3, -0.25) is 9.13 Å². The summed E-state index contributed by atoms with van der Waals surface area (Å²) < 4.78 is 4.97. The minimum Gasteiger partial charge on any atom is -0.295 e. The molecule has 1 aliphatic heterocycles. The number of fused-ring (bicyclic) bond motifs is 8. The van der Waals surface area contributed by atoms with Gasteiger partial charge in [-0.25, -0.2) is 0 Å². The summed E-state index contributed by atoms with van der Waals surface area (Å²) in [7, 11) is 0. The molecule has 0 atom stereocenters. The molecule has 45 heavy (non-hydrogen) atoms. The van der Waals surface area contributed by atoms with Crippen LogP contribution in [0.3, 0.4) is 0 Å². The van der Waals surface area contributed by atoms with E-state index in [1.54, 1.807) is 0 Å². The molecule has 0 spiro atoms. The van der Waals surface area contributed by atoms with Crippen LogP contribution in [0, 0.1) is 0 Å². The molecule has 2 aromatic heterocycles. The highest BCUT2D eigenvalue weighted by Crippen LogP contribution is 2.50. The van der Waals surface area contributed by atoms with Crippen molar-refractivity contribution in [1.29, 1.82) is 0 Å². The van der Waals surface area contributed by atoms with Crippen LogP contribution in [0.15, 0.2) is 168 Å². The smallest absolute Gasteiger partial charge is 0.131 e. The highest BCUT2D eigenvalue weighted by atomic mass is 32.2. The Morgan fingerprint density at radius 2 is 1.07 bits per heavy atom. The lowest BCUT2D eigenvalue weighted by atomic mass is 9.97. The SMILES string of the molecule is c1ccc(-c2ccc3cc(-c4ccc5c(c4)-n4c6c(cccc6c6c7ccccc7n(-c7ccccc7)c64)S5)ccc3c2)cc1. The van der Waals surface area contributed by atoms with Gasteiger partial charge in [0.25, 0.3) is 0 Å². The lowest BCUT2D eigenvalue weighted by Gasteiger charge is -2.22. The Morgan fingerprint density at radius 1 is 0.422 bits per heavy atom. The topological polar surface area (TPSA) is 9.86 Å². The normalized spacial score (nSPS) is 12.4. The molecule has 7 aromatic carbocycles. The van der Waals surface area contributed by atoms with Gasteiger partial charge in [0, 0.05) is 31.6 Å². The number of hydrogen-bond donors (Lipinski definition) is 0. The number of nitrogens with zero attached hydrogens (tertiary/aromatic N) is 2. The summed E-state index contributed by atoms with van der Waals surface area (Å²) in [6.07, 6.45) is 0. The standard InChI is InChI=1S/C42H26N2S/c1-3-10-27(11-4-1)28-18-19-30-25-31(21-20-29(30)24-28)32-22-23-38-37(26-32)44-41-35(15-9-17-39(41)45-38)40-34-14-7-8-16-36(34)43(42(40)44)33-12-5-2-6-13-33/h1-26H. The van der Waals surface area contributed by atoms with E-state index in [1.807, 2.05) is 11.8 Å². The van der Waals surface area contributed by atoms with Gasteiger partial charge in [-0.05, 0) is 81.6 Å². The highest BCUT2D eigenvalue weighted by Gasteiger charge is 2.28. The van der Waals surface area contributed by atoms with Crippen LogP contribution in [0.1, 0.15) is 0 Å². The third-order valence-corrected chi connectivity index (χ3v) is 10.4. The van der Waals surface area contributed by atoms with Gasteiger partial charge >= 0.3 is 0 Å². The molecule has 2 nitrogen and oxygen atoms in total. The average Bonchev–Trinajstić information content (AvgIpc) is 3.63. The molecule has 0 saturated carbocycles. The van der Waals surface area contributed by atoms with E-state index >= 15 is 0 Å². The quantitative estimate of drug-likeness (QED) is 0.199. The molecule has 0 amide bonds. The van der Waals surface area contributed by atoms with Crippen LogP contribution in [0.4, 0.5) is 0 Å². The van der Waals surface area contributed by atoms with Crippen LogP contribution < -0.4 is 0 Å². The molecule has 0 saturated heterocycles. The van der Waals surface area contributed by atoms with E-state index < -0.39 is 0 Å². The van der Waals surface area contributed by atoms with Crippen LogP contribution >= 0.6 is 11.8 Å². The van der Waals surface area contributed by atoms with E-state index in [0.717, 1.165) is 0 Å². The second-order valence-electron chi connectivity index (χ2n) is 11.8. The molecule has 1 aliphatic rings. The molecule has 0 bridgehead atoms. The van der Waals surface area contributed by atoms with E-state index in [1.165, 1.54) is 87.0 Å². The van der Waals surface area contributed by atoms with Gasteiger partial charge in [0.05, 0.1) is 16.7 Å². The zero-order valence-electron chi connectivity index (χ0n) is 24.3. The fourth-order valence-electron chi connectivity index (χ4n) is 7.23. The maximum absolute atomic E-state index is 2.52. The van der Waals surface area contributed by atoms with Crippen molar-refractivity contribution < 1.29 is 0 Å². The molecule has 9 aromatic rings. The Balaban J connectivity index is 1.21. The van der Waals surface area contributed by atoms with Crippen LogP contribution in [0.25, 0.3) is 77.2 Å². The summed E-state index contributed by atoms with van der Waals surface area (Å²) >= 11 is 1.88. The second kappa shape index (κ2) is 9.49. The van der Waals surface area contributed by atoms with E-state index in [-0.39, 0.29) is 0 Å². The molecule has 3 heteroatoms. The minimum atomic E-state index is 1.17. The van der Waals surface area contributed by atoms with Gasteiger partial charge in [-0.15, -0.1) is 0 Å². The van der Waals surface area contributed by atoms with Gasteiger partial charge < -0.3 is 0 Å². The van der Waals surface area contributed by atoms with Crippen molar-refractivity contribution in [2.75, 3.05) is 0 Å². The maximum atomic E-state index is 2.52. The summed E-state index contributed by atoms with van der Waals surface area (Å²) in [4.78, 5) is 2.57. The lowest BCUT2D eigenvalue weighted by molar-refractivity contribution is 1.03. The molecular formula is C42H26N2S. The summed E-state index contributed by atoms with van der Waals surface area (Å²) in [6.45, 7) is 0. The Morgan fingerprint density at radius 3 is 1.87 bits per heavy atom. The Bertz CT molecular complexity index is 2610. The maximum Gasteiger partial charge on any atom is 0.131 e. The van der Waals surface area contributed by atoms with E-state index in [2.05, 4.69) is 167 Å². The third-order valence-electron chi connectivity index (χ3n) is 9.27. The molecule has 3 heterocycles. The average molecular weight is 591 g/mol. The summed E-state index contributed by atoms with van der Waals surface area (Å²) in [5, 5.41) is 6.40. The summed E-state index contributed by atoms with van der Waals surface area (Å²) in [5.74, 6) is 0. The van der Waals surface area contributed by atoms with Crippen molar-refractivity contribution in [1.82, 2.24) is 9.13 Å². The predicted octanol–water partition coefficient (Wildman–Crippen LogP) is 11.7. The monoisotopic (exact) mass is 590 g/mol. The van der Waals surface area contributed by atoms with Crippen molar-refractivity contribution in [3.05, 3.63) is 158 Å². The number of para-hydroxylation sites is 3. The molecule has 0 aliphatic carbocycles. The van der Waals surface area contributed by atoms with Crippen molar-refractivity contribution >= 4 is 55.4 Å². The van der Waals surface area contributed by atoms with Gasteiger partial charge in [-0.2, -0.15) is 0 Å². The first-order valence-electron chi connectivity index (χ1n) is 15.4. The Labute approximate surface area is 264 Å². The van der Waals surface area contributed by atoms with Crippen molar-refractivity contribution in [3.8, 4) is 33.6 Å². The summed E-state index contributed by atoms with van der Waals surface area (Å²) in [6, 6.07) is 57.6. The molecular weight excluding hydrogens is 565 g/mol. The number of aromatic nitrogens is 2. The first kappa shape index (κ1) is 24.9. The van der Waals surface area contributed by atoms with Gasteiger partial charge in [-0.1, -0.05) is 121 Å². The van der Waals surface area contributed by atoms with Crippen LogP contribution in [0.5, 0.6) is 0 Å². The predicted molar refractivity (Wildman–Crippen MR) is 190 cm³/mol.